The normalized spacial score (nSPS) is 22.1. The van der Waals surface area contributed by atoms with Crippen LogP contribution in [-0.2, 0) is 4.74 Å². The van der Waals surface area contributed by atoms with E-state index >= 15 is 0 Å². The molecule has 0 bridgehead atoms. The maximum atomic E-state index is 11.6. The molecular formula is C22H32N4O4. The van der Waals surface area contributed by atoms with Crippen molar-refractivity contribution in [3.05, 3.63) is 33.9 Å². The number of nitro benzene ring substituents is 1. The predicted molar refractivity (Wildman–Crippen MR) is 117 cm³/mol. The van der Waals surface area contributed by atoms with Crippen LogP contribution < -0.4 is 9.64 Å². The minimum Gasteiger partial charge on any atom is -0.490 e. The summed E-state index contributed by atoms with van der Waals surface area (Å²) in [5, 5.41) is 11.6. The number of anilines is 1. The number of nitrogens with zero attached hydrogens (tertiary/aromatic N) is 4. The van der Waals surface area contributed by atoms with Crippen LogP contribution in [0.2, 0.25) is 0 Å². The van der Waals surface area contributed by atoms with Gasteiger partial charge in [0.2, 0.25) is 0 Å². The van der Waals surface area contributed by atoms with E-state index in [4.69, 9.17) is 9.47 Å². The molecule has 0 aromatic heterocycles. The van der Waals surface area contributed by atoms with E-state index in [-0.39, 0.29) is 10.6 Å². The highest BCUT2D eigenvalue weighted by Crippen LogP contribution is 2.40. The molecule has 164 valence electrons. The molecule has 30 heavy (non-hydrogen) atoms. The molecule has 0 aliphatic carbocycles. The van der Waals surface area contributed by atoms with Crippen molar-refractivity contribution in [3.63, 3.8) is 0 Å². The van der Waals surface area contributed by atoms with Crippen molar-refractivity contribution in [2.45, 2.75) is 25.3 Å². The fourth-order valence-electron chi connectivity index (χ4n) is 4.81. The Balaban J connectivity index is 1.57. The van der Waals surface area contributed by atoms with Gasteiger partial charge < -0.3 is 19.3 Å². The molecule has 0 spiro atoms. The lowest BCUT2D eigenvalue weighted by Crippen LogP contribution is -2.52. The van der Waals surface area contributed by atoms with Gasteiger partial charge in [-0.2, -0.15) is 0 Å². The molecule has 0 amide bonds. The van der Waals surface area contributed by atoms with Gasteiger partial charge in [-0.25, -0.2) is 0 Å². The molecule has 3 aliphatic heterocycles. The molecule has 1 aromatic carbocycles. The van der Waals surface area contributed by atoms with Crippen LogP contribution in [0.15, 0.2) is 18.2 Å². The summed E-state index contributed by atoms with van der Waals surface area (Å²) in [6.45, 7) is 7.68. The number of likely N-dealkylation sites (N-methyl/N-ethyl adjacent to an activating group) is 1. The van der Waals surface area contributed by atoms with E-state index in [9.17, 15) is 10.1 Å². The highest BCUT2D eigenvalue weighted by Gasteiger charge is 2.30. The first-order valence-electron chi connectivity index (χ1n) is 10.9. The van der Waals surface area contributed by atoms with E-state index in [1.807, 2.05) is 6.07 Å². The first-order chi connectivity index (χ1) is 14.6. The number of rotatable bonds is 5. The second kappa shape index (κ2) is 9.32. The topological polar surface area (TPSA) is 71.3 Å². The van der Waals surface area contributed by atoms with Gasteiger partial charge in [-0.3, -0.25) is 15.0 Å². The standard InChI is InChI=1S/C22H32N4O4/c1-23-9-11-24(12-10-23)18-3-7-25(8-4-18)20-16-22(29-2)21(26(27)28)15-19(20)17-5-13-30-14-6-17/h5,15-16,18H,3-4,6-14H2,1-2H3. The number of hydrogen-bond donors (Lipinski definition) is 0. The van der Waals surface area contributed by atoms with Crippen LogP contribution in [0.4, 0.5) is 11.4 Å². The fourth-order valence-corrected chi connectivity index (χ4v) is 4.81. The van der Waals surface area contributed by atoms with Crippen LogP contribution in [0.5, 0.6) is 5.75 Å². The summed E-state index contributed by atoms with van der Waals surface area (Å²) in [5.74, 6) is 0.326. The van der Waals surface area contributed by atoms with Crippen LogP contribution in [0.3, 0.4) is 0 Å². The van der Waals surface area contributed by atoms with Crippen molar-refractivity contribution in [1.29, 1.82) is 0 Å². The van der Waals surface area contributed by atoms with Gasteiger partial charge in [0.25, 0.3) is 0 Å². The summed E-state index contributed by atoms with van der Waals surface area (Å²) in [4.78, 5) is 18.7. The van der Waals surface area contributed by atoms with Crippen molar-refractivity contribution < 1.29 is 14.4 Å². The minimum absolute atomic E-state index is 0.0240. The van der Waals surface area contributed by atoms with Gasteiger partial charge in [-0.1, -0.05) is 6.08 Å². The number of methoxy groups -OCH3 is 1. The summed E-state index contributed by atoms with van der Waals surface area (Å²) in [5.41, 5.74) is 3.14. The molecule has 3 aliphatic rings. The van der Waals surface area contributed by atoms with Crippen molar-refractivity contribution in [2.75, 3.05) is 71.5 Å². The van der Waals surface area contributed by atoms with E-state index < -0.39 is 0 Å². The maximum Gasteiger partial charge on any atom is 0.311 e. The molecule has 8 nitrogen and oxygen atoms in total. The molecule has 1 aromatic rings. The van der Waals surface area contributed by atoms with Crippen LogP contribution in [-0.4, -0.2) is 87.4 Å². The third-order valence-electron chi connectivity index (χ3n) is 6.66. The quantitative estimate of drug-likeness (QED) is 0.540. The molecule has 4 rings (SSSR count). The lowest BCUT2D eigenvalue weighted by Gasteiger charge is -2.43. The summed E-state index contributed by atoms with van der Waals surface area (Å²) in [6.07, 6.45) is 5.05. The van der Waals surface area contributed by atoms with Gasteiger partial charge in [-0.05, 0) is 31.9 Å². The fraction of sp³-hybridized carbons (Fsp3) is 0.636. The molecule has 0 N–H and O–H groups in total. The van der Waals surface area contributed by atoms with Crippen molar-refractivity contribution in [1.82, 2.24) is 9.80 Å². The largest absolute Gasteiger partial charge is 0.490 e. The zero-order valence-electron chi connectivity index (χ0n) is 18.0. The predicted octanol–water partition coefficient (Wildman–Crippen LogP) is 2.62. The molecule has 3 heterocycles. The summed E-state index contributed by atoms with van der Waals surface area (Å²) in [7, 11) is 3.69. The van der Waals surface area contributed by atoms with Crippen molar-refractivity contribution in [2.24, 2.45) is 0 Å². The van der Waals surface area contributed by atoms with E-state index in [0.717, 1.165) is 75.4 Å². The SMILES string of the molecule is COc1cc(N2CCC(N3CCN(C)CC3)CC2)c(C2=CCOCC2)cc1[N+](=O)[O-]. The first-order valence-corrected chi connectivity index (χ1v) is 10.9. The Hall–Kier alpha value is -2.16. The van der Waals surface area contributed by atoms with E-state index in [1.165, 1.54) is 7.11 Å². The molecule has 0 radical (unpaired) electrons. The van der Waals surface area contributed by atoms with Gasteiger partial charge in [0.05, 0.1) is 25.2 Å². The molecule has 0 atom stereocenters. The van der Waals surface area contributed by atoms with Crippen LogP contribution in [0.1, 0.15) is 24.8 Å². The Kier molecular flexibility index (Phi) is 6.55. The lowest BCUT2D eigenvalue weighted by molar-refractivity contribution is -0.385. The molecule has 0 unspecified atom stereocenters. The number of ether oxygens (including phenoxy) is 2. The Bertz CT molecular complexity index is 797. The maximum absolute atomic E-state index is 11.6. The number of hydrogen-bond acceptors (Lipinski definition) is 7. The molecule has 8 heteroatoms. The third kappa shape index (κ3) is 4.45. The molecule has 2 fully saturated rings. The summed E-state index contributed by atoms with van der Waals surface area (Å²) >= 11 is 0. The van der Waals surface area contributed by atoms with Crippen LogP contribution in [0.25, 0.3) is 5.57 Å². The van der Waals surface area contributed by atoms with Crippen LogP contribution in [0, 0.1) is 10.1 Å². The van der Waals surface area contributed by atoms with Gasteiger partial charge in [0, 0.05) is 68.7 Å². The van der Waals surface area contributed by atoms with Crippen molar-refractivity contribution >= 4 is 16.9 Å². The highest BCUT2D eigenvalue weighted by molar-refractivity contribution is 5.81. The third-order valence-corrected chi connectivity index (χ3v) is 6.66. The average Bonchev–Trinajstić information content (AvgIpc) is 2.79. The Morgan fingerprint density at radius 3 is 2.47 bits per heavy atom. The Morgan fingerprint density at radius 1 is 1.13 bits per heavy atom. The minimum atomic E-state index is -0.356. The average molecular weight is 417 g/mol. The summed E-state index contributed by atoms with van der Waals surface area (Å²) < 4.78 is 10.8. The van der Waals surface area contributed by atoms with Crippen LogP contribution >= 0.6 is 0 Å². The first kappa shape index (κ1) is 21.1. The van der Waals surface area contributed by atoms with Gasteiger partial charge >= 0.3 is 5.69 Å². The van der Waals surface area contributed by atoms with Crippen molar-refractivity contribution in [3.8, 4) is 5.75 Å². The highest BCUT2D eigenvalue weighted by atomic mass is 16.6. The monoisotopic (exact) mass is 416 g/mol. The smallest absolute Gasteiger partial charge is 0.311 e. The van der Waals surface area contributed by atoms with E-state index in [1.54, 1.807) is 6.07 Å². The Morgan fingerprint density at radius 2 is 1.87 bits per heavy atom. The number of piperazine rings is 1. The van der Waals surface area contributed by atoms with Gasteiger partial charge in [0.1, 0.15) is 0 Å². The lowest BCUT2D eigenvalue weighted by atomic mass is 9.95. The molecule has 0 saturated carbocycles. The van der Waals surface area contributed by atoms with E-state index in [2.05, 4.69) is 27.8 Å². The number of benzene rings is 1. The zero-order chi connectivity index (χ0) is 21.1. The summed E-state index contributed by atoms with van der Waals surface area (Å²) in [6, 6.07) is 4.18. The second-order valence-electron chi connectivity index (χ2n) is 8.41. The number of nitro groups is 1. The molecular weight excluding hydrogens is 384 g/mol. The zero-order valence-corrected chi connectivity index (χ0v) is 18.0. The number of piperidine rings is 1. The van der Waals surface area contributed by atoms with Gasteiger partial charge in [-0.15, -0.1) is 0 Å². The Labute approximate surface area is 178 Å². The second-order valence-corrected chi connectivity index (χ2v) is 8.41. The molecule has 2 saturated heterocycles. The van der Waals surface area contributed by atoms with E-state index in [0.29, 0.717) is 25.0 Å². The van der Waals surface area contributed by atoms with Gasteiger partial charge in [0.15, 0.2) is 5.75 Å².